The number of carbonyl (C=O) groups is 1. The summed E-state index contributed by atoms with van der Waals surface area (Å²) in [5.41, 5.74) is 6.41. The zero-order chi connectivity index (χ0) is 14.5. The maximum atomic E-state index is 11.9. The van der Waals surface area contributed by atoms with Gasteiger partial charge in [0.2, 0.25) is 0 Å². The lowest BCUT2D eigenvalue weighted by molar-refractivity contribution is -0.131. The van der Waals surface area contributed by atoms with Crippen molar-refractivity contribution >= 4 is 18.3 Å². The predicted molar refractivity (Wildman–Crippen MR) is 81.1 cm³/mol. The second kappa shape index (κ2) is 8.07. The fourth-order valence-corrected chi connectivity index (χ4v) is 2.03. The number of hydrogen-bond acceptors (Lipinski definition) is 5. The molecular formula is C14H21ClN2O4. The number of carbonyl (C=O) groups excluding carboxylic acids is 1. The highest BCUT2D eigenvalue weighted by Crippen LogP contribution is 2.32. The van der Waals surface area contributed by atoms with Crippen molar-refractivity contribution in [3.8, 4) is 11.5 Å². The summed E-state index contributed by atoms with van der Waals surface area (Å²) in [6.07, 6.45) is -0.630. The van der Waals surface area contributed by atoms with Crippen LogP contribution in [-0.2, 0) is 9.53 Å². The average Bonchev–Trinajstić information content (AvgIpc) is 2.48. The summed E-state index contributed by atoms with van der Waals surface area (Å²) in [7, 11) is 1.46. The van der Waals surface area contributed by atoms with E-state index in [1.807, 2.05) is 25.1 Å². The number of methoxy groups -OCH3 is 1. The van der Waals surface area contributed by atoms with Crippen molar-refractivity contribution in [1.29, 1.82) is 0 Å². The molecule has 1 amide bonds. The van der Waals surface area contributed by atoms with Crippen molar-refractivity contribution < 1.29 is 19.0 Å². The average molecular weight is 317 g/mol. The number of rotatable bonds is 5. The molecule has 118 valence electrons. The molecule has 0 spiro atoms. The highest BCUT2D eigenvalue weighted by molar-refractivity contribution is 5.85. The number of nitrogens with one attached hydrogen (secondary N) is 1. The number of halogens is 1. The van der Waals surface area contributed by atoms with Gasteiger partial charge in [-0.3, -0.25) is 4.79 Å². The number of fused-ring (bicyclic) bond motifs is 1. The van der Waals surface area contributed by atoms with Crippen molar-refractivity contribution in [2.45, 2.75) is 19.1 Å². The Bertz CT molecular complexity index is 480. The summed E-state index contributed by atoms with van der Waals surface area (Å²) < 4.78 is 16.0. The lowest BCUT2D eigenvalue weighted by Gasteiger charge is -2.22. The SMILES string of the molecule is COC(CN)C(=O)NC(C)c1ccc2c(c1)OCCO2.Cl. The second-order valence-corrected chi connectivity index (χ2v) is 4.59. The van der Waals surface area contributed by atoms with Crippen LogP contribution in [0.4, 0.5) is 0 Å². The lowest BCUT2D eigenvalue weighted by atomic mass is 10.1. The minimum absolute atomic E-state index is 0. The largest absolute Gasteiger partial charge is 0.486 e. The number of benzene rings is 1. The van der Waals surface area contributed by atoms with E-state index in [1.54, 1.807) is 0 Å². The highest BCUT2D eigenvalue weighted by atomic mass is 35.5. The van der Waals surface area contributed by atoms with Gasteiger partial charge in [0.05, 0.1) is 6.04 Å². The molecule has 0 fully saturated rings. The van der Waals surface area contributed by atoms with Crippen molar-refractivity contribution in [2.24, 2.45) is 5.73 Å². The van der Waals surface area contributed by atoms with Gasteiger partial charge in [-0.2, -0.15) is 0 Å². The Morgan fingerprint density at radius 3 is 2.67 bits per heavy atom. The van der Waals surface area contributed by atoms with E-state index in [0.29, 0.717) is 19.0 Å². The molecule has 21 heavy (non-hydrogen) atoms. The van der Waals surface area contributed by atoms with Gasteiger partial charge in [-0.05, 0) is 24.6 Å². The molecule has 1 aromatic rings. The first kappa shape index (κ1) is 17.6. The molecule has 2 unspecified atom stereocenters. The monoisotopic (exact) mass is 316 g/mol. The maximum absolute atomic E-state index is 11.9. The van der Waals surface area contributed by atoms with Gasteiger partial charge >= 0.3 is 0 Å². The van der Waals surface area contributed by atoms with E-state index in [0.717, 1.165) is 11.3 Å². The predicted octanol–water partition coefficient (Wildman–Crippen LogP) is 1.03. The molecular weight excluding hydrogens is 296 g/mol. The van der Waals surface area contributed by atoms with Gasteiger partial charge in [-0.1, -0.05) is 6.07 Å². The van der Waals surface area contributed by atoms with E-state index < -0.39 is 6.10 Å². The standard InChI is InChI=1S/C14H20N2O4.ClH/c1-9(16-14(17)13(8-15)18-2)10-3-4-11-12(7-10)20-6-5-19-11;/h3-4,7,9,13H,5-6,8,15H2,1-2H3,(H,16,17);1H. The van der Waals surface area contributed by atoms with E-state index in [1.165, 1.54) is 7.11 Å². The molecule has 6 nitrogen and oxygen atoms in total. The fourth-order valence-electron chi connectivity index (χ4n) is 2.03. The fraction of sp³-hybridized carbons (Fsp3) is 0.500. The third-order valence-corrected chi connectivity index (χ3v) is 3.22. The molecule has 1 aliphatic heterocycles. The first-order chi connectivity index (χ1) is 9.65. The van der Waals surface area contributed by atoms with Crippen LogP contribution in [-0.4, -0.2) is 38.9 Å². The van der Waals surface area contributed by atoms with Gasteiger partial charge in [-0.15, -0.1) is 12.4 Å². The van der Waals surface area contributed by atoms with Gasteiger partial charge in [-0.25, -0.2) is 0 Å². The molecule has 0 saturated carbocycles. The Labute approximate surface area is 130 Å². The summed E-state index contributed by atoms with van der Waals surface area (Å²) in [6, 6.07) is 5.47. The first-order valence-electron chi connectivity index (χ1n) is 6.58. The van der Waals surface area contributed by atoms with Gasteiger partial charge in [0.25, 0.3) is 5.91 Å². The number of amides is 1. The third kappa shape index (κ3) is 4.23. The third-order valence-electron chi connectivity index (χ3n) is 3.22. The number of ether oxygens (including phenoxy) is 3. The summed E-state index contributed by atoms with van der Waals surface area (Å²) >= 11 is 0. The van der Waals surface area contributed by atoms with Crippen LogP contribution >= 0.6 is 12.4 Å². The van der Waals surface area contributed by atoms with E-state index in [9.17, 15) is 4.79 Å². The quantitative estimate of drug-likeness (QED) is 0.848. The minimum atomic E-state index is -0.630. The zero-order valence-electron chi connectivity index (χ0n) is 12.1. The normalized spacial score (nSPS) is 15.6. The number of nitrogens with two attached hydrogens (primary N) is 1. The lowest BCUT2D eigenvalue weighted by Crippen LogP contribution is -2.41. The molecule has 0 bridgehead atoms. The molecule has 2 atom stereocenters. The van der Waals surface area contributed by atoms with Crippen molar-refractivity contribution in [2.75, 3.05) is 26.9 Å². The maximum Gasteiger partial charge on any atom is 0.250 e. The van der Waals surface area contributed by atoms with Crippen LogP contribution in [0.5, 0.6) is 11.5 Å². The van der Waals surface area contributed by atoms with Crippen molar-refractivity contribution in [1.82, 2.24) is 5.32 Å². The Hall–Kier alpha value is -1.50. The molecule has 0 saturated heterocycles. The Morgan fingerprint density at radius 1 is 1.38 bits per heavy atom. The van der Waals surface area contributed by atoms with Crippen LogP contribution in [0.25, 0.3) is 0 Å². The van der Waals surface area contributed by atoms with Gasteiger partial charge in [0.15, 0.2) is 11.5 Å². The molecule has 1 aliphatic rings. The highest BCUT2D eigenvalue weighted by Gasteiger charge is 2.20. The smallest absolute Gasteiger partial charge is 0.250 e. The van der Waals surface area contributed by atoms with Crippen molar-refractivity contribution in [3.05, 3.63) is 23.8 Å². The first-order valence-corrected chi connectivity index (χ1v) is 6.58. The molecule has 1 heterocycles. The van der Waals surface area contributed by atoms with Crippen LogP contribution in [0, 0.1) is 0 Å². The summed E-state index contributed by atoms with van der Waals surface area (Å²) in [4.78, 5) is 11.9. The van der Waals surface area contributed by atoms with Crippen LogP contribution in [0.3, 0.4) is 0 Å². The van der Waals surface area contributed by atoms with Gasteiger partial charge < -0.3 is 25.3 Å². The van der Waals surface area contributed by atoms with Crippen LogP contribution in [0.1, 0.15) is 18.5 Å². The van der Waals surface area contributed by atoms with Crippen LogP contribution in [0.15, 0.2) is 18.2 Å². The topological polar surface area (TPSA) is 82.8 Å². The Balaban J connectivity index is 0.00000220. The molecule has 0 radical (unpaired) electrons. The summed E-state index contributed by atoms with van der Waals surface area (Å²) in [5.74, 6) is 1.21. The molecule has 2 rings (SSSR count). The van der Waals surface area contributed by atoms with E-state index in [4.69, 9.17) is 19.9 Å². The number of hydrogen-bond donors (Lipinski definition) is 2. The molecule has 1 aromatic carbocycles. The van der Waals surface area contributed by atoms with Crippen LogP contribution in [0.2, 0.25) is 0 Å². The van der Waals surface area contributed by atoms with Crippen LogP contribution < -0.4 is 20.5 Å². The van der Waals surface area contributed by atoms with Gasteiger partial charge in [0, 0.05) is 13.7 Å². The molecule has 0 aliphatic carbocycles. The van der Waals surface area contributed by atoms with E-state index in [-0.39, 0.29) is 30.9 Å². The molecule has 0 aromatic heterocycles. The Kier molecular flexibility index (Phi) is 6.74. The zero-order valence-corrected chi connectivity index (χ0v) is 12.9. The van der Waals surface area contributed by atoms with Gasteiger partial charge in [0.1, 0.15) is 19.3 Å². The molecule has 3 N–H and O–H groups in total. The minimum Gasteiger partial charge on any atom is -0.486 e. The second-order valence-electron chi connectivity index (χ2n) is 4.59. The van der Waals surface area contributed by atoms with E-state index >= 15 is 0 Å². The Morgan fingerprint density at radius 2 is 2.05 bits per heavy atom. The van der Waals surface area contributed by atoms with E-state index in [2.05, 4.69) is 5.32 Å². The summed E-state index contributed by atoms with van der Waals surface area (Å²) in [6.45, 7) is 3.14. The molecule has 7 heteroatoms. The summed E-state index contributed by atoms with van der Waals surface area (Å²) in [5, 5.41) is 2.86. The van der Waals surface area contributed by atoms with Crippen molar-refractivity contribution in [3.63, 3.8) is 0 Å².